The van der Waals surface area contributed by atoms with Gasteiger partial charge in [-0.15, -0.1) is 0 Å². The molecule has 3 aromatic rings. The monoisotopic (exact) mass is 400 g/mol. The van der Waals surface area contributed by atoms with Crippen LogP contribution < -0.4 is 5.32 Å². The van der Waals surface area contributed by atoms with Gasteiger partial charge in [0, 0.05) is 28.7 Å². The second kappa shape index (κ2) is 7.17. The average molecular weight is 400 g/mol. The Kier molecular flexibility index (Phi) is 4.46. The number of hydrogen-bond donors (Lipinski definition) is 2. The minimum atomic E-state index is -0.461. The van der Waals surface area contributed by atoms with Crippen molar-refractivity contribution in [1.82, 2.24) is 4.98 Å². The molecule has 5 rings (SSSR count). The molecule has 1 aromatic heterocycles. The topological polar surface area (TPSA) is 71.2 Å². The molecule has 2 aliphatic rings. The van der Waals surface area contributed by atoms with Gasteiger partial charge in [-0.25, -0.2) is 0 Å². The normalized spacial score (nSPS) is 22.9. The number of anilines is 1. The summed E-state index contributed by atoms with van der Waals surface area (Å²) >= 11 is 0. The molecule has 0 spiro atoms. The number of H-pyrrole nitrogens is 1. The number of allylic oxidation sites excluding steroid dienone is 1. The summed E-state index contributed by atoms with van der Waals surface area (Å²) in [5.74, 6) is 0.0768. The molecule has 5 nitrogen and oxygen atoms in total. The summed E-state index contributed by atoms with van der Waals surface area (Å²) in [6.07, 6.45) is 4.43. The number of fused-ring (bicyclic) bond motifs is 2. The highest BCUT2D eigenvalue weighted by molar-refractivity contribution is 5.95. The van der Waals surface area contributed by atoms with Crippen molar-refractivity contribution < 1.29 is 14.3 Å². The maximum Gasteiger partial charge on any atom is 0.313 e. The van der Waals surface area contributed by atoms with Crippen molar-refractivity contribution in [2.45, 2.75) is 25.7 Å². The summed E-state index contributed by atoms with van der Waals surface area (Å²) in [5.41, 5.74) is 4.51. The van der Waals surface area contributed by atoms with E-state index >= 15 is 0 Å². The van der Waals surface area contributed by atoms with Crippen LogP contribution in [0.4, 0.5) is 5.69 Å². The number of para-hydroxylation sites is 1. The third kappa shape index (κ3) is 3.20. The molecule has 0 bridgehead atoms. The van der Waals surface area contributed by atoms with Crippen LogP contribution in [-0.2, 0) is 27.2 Å². The van der Waals surface area contributed by atoms with Crippen molar-refractivity contribution >= 4 is 28.5 Å². The summed E-state index contributed by atoms with van der Waals surface area (Å²) in [5, 5.41) is 4.04. The Bertz CT molecular complexity index is 1140. The number of benzene rings is 2. The first-order valence-electron chi connectivity index (χ1n) is 10.3. The van der Waals surface area contributed by atoms with Crippen molar-refractivity contribution in [3.8, 4) is 0 Å². The van der Waals surface area contributed by atoms with E-state index in [0.717, 1.165) is 39.7 Å². The molecule has 2 atom stereocenters. The molecule has 2 aromatic carbocycles. The van der Waals surface area contributed by atoms with E-state index < -0.39 is 5.41 Å². The van der Waals surface area contributed by atoms with E-state index in [4.69, 9.17) is 4.74 Å². The van der Waals surface area contributed by atoms with Gasteiger partial charge in [0.15, 0.2) is 0 Å². The van der Waals surface area contributed by atoms with Gasteiger partial charge >= 0.3 is 5.97 Å². The van der Waals surface area contributed by atoms with Crippen LogP contribution in [0.15, 0.2) is 66.9 Å². The fraction of sp³-hybridized carbons (Fsp3) is 0.280. The van der Waals surface area contributed by atoms with E-state index in [-0.39, 0.29) is 17.8 Å². The number of amides is 1. The second-order valence-corrected chi connectivity index (χ2v) is 8.54. The summed E-state index contributed by atoms with van der Waals surface area (Å²) < 4.78 is 5.36. The zero-order chi connectivity index (χ0) is 20.7. The summed E-state index contributed by atoms with van der Waals surface area (Å²) in [6.45, 7) is 4.60. The van der Waals surface area contributed by atoms with Crippen molar-refractivity contribution in [2.75, 3.05) is 11.9 Å². The lowest BCUT2D eigenvalue weighted by atomic mass is 9.75. The first kappa shape index (κ1) is 18.7. The Labute approximate surface area is 175 Å². The molecule has 1 amide bonds. The predicted octanol–water partition coefficient (Wildman–Crippen LogP) is 4.40. The minimum Gasteiger partial charge on any atom is -0.465 e. The minimum absolute atomic E-state index is 0.0578. The van der Waals surface area contributed by atoms with E-state index in [9.17, 15) is 9.59 Å². The predicted molar refractivity (Wildman–Crippen MR) is 116 cm³/mol. The fourth-order valence-corrected chi connectivity index (χ4v) is 4.99. The van der Waals surface area contributed by atoms with E-state index in [1.807, 2.05) is 54.7 Å². The first-order valence-corrected chi connectivity index (χ1v) is 10.3. The van der Waals surface area contributed by atoms with Crippen LogP contribution in [0.1, 0.15) is 24.0 Å². The number of ether oxygens (including phenoxy) is 1. The van der Waals surface area contributed by atoms with Gasteiger partial charge in [0.25, 0.3) is 0 Å². The maximum atomic E-state index is 12.5. The summed E-state index contributed by atoms with van der Waals surface area (Å²) in [6, 6.07) is 15.7. The van der Waals surface area contributed by atoms with Gasteiger partial charge in [0.05, 0.1) is 18.4 Å². The Morgan fingerprint density at radius 2 is 2.00 bits per heavy atom. The largest absolute Gasteiger partial charge is 0.465 e. The third-order valence-electron chi connectivity index (χ3n) is 6.49. The average Bonchev–Trinajstić information content (AvgIpc) is 3.37. The molecular weight excluding hydrogens is 376 g/mol. The number of nitrogens with one attached hydrogen (secondary N) is 2. The quantitative estimate of drug-likeness (QED) is 0.493. The van der Waals surface area contributed by atoms with Gasteiger partial charge < -0.3 is 15.0 Å². The van der Waals surface area contributed by atoms with Crippen molar-refractivity contribution in [3.05, 3.63) is 78.0 Å². The highest BCUT2D eigenvalue weighted by Gasteiger charge is 2.55. The number of carbonyl (C=O) groups excluding carboxylic acids is 2. The fourth-order valence-electron chi connectivity index (χ4n) is 4.99. The molecule has 2 N–H and O–H groups in total. The van der Waals surface area contributed by atoms with Crippen molar-refractivity contribution in [3.63, 3.8) is 0 Å². The zero-order valence-corrected chi connectivity index (χ0v) is 16.7. The van der Waals surface area contributed by atoms with Gasteiger partial charge in [0.2, 0.25) is 5.91 Å². The number of cyclic esters (lactones) is 1. The van der Waals surface area contributed by atoms with Crippen LogP contribution in [0.5, 0.6) is 0 Å². The molecule has 1 saturated heterocycles. The lowest BCUT2D eigenvalue weighted by Gasteiger charge is -2.24. The molecule has 2 heterocycles. The number of carbonyl (C=O) groups is 2. The molecule has 1 saturated carbocycles. The van der Waals surface area contributed by atoms with Crippen LogP contribution in [0, 0.1) is 11.3 Å². The zero-order valence-electron chi connectivity index (χ0n) is 16.7. The van der Waals surface area contributed by atoms with E-state index in [1.54, 1.807) is 0 Å². The standard InChI is InChI=1S/C25H24N2O3/c1-16-10-19-15-30-24(29)25(19,12-16)13-17-6-8-20(9-7-17)27-23(28)11-18-14-26-22-5-3-2-4-21(18)22/h2-9,14,19,26H,1,10-13,15H2,(H,27,28). The SMILES string of the molecule is C=C1CC2COC(=O)C2(Cc2ccc(NC(=O)Cc3c[nH]c4ccccc34)cc2)C1. The smallest absolute Gasteiger partial charge is 0.313 e. The first-order chi connectivity index (χ1) is 14.5. The highest BCUT2D eigenvalue weighted by atomic mass is 16.5. The van der Waals surface area contributed by atoms with Gasteiger partial charge in [-0.3, -0.25) is 9.59 Å². The molecule has 2 unspecified atom stereocenters. The lowest BCUT2D eigenvalue weighted by Crippen LogP contribution is -2.31. The van der Waals surface area contributed by atoms with E-state index in [0.29, 0.717) is 25.9 Å². The molecule has 1 aliphatic heterocycles. The number of aromatic amines is 1. The Morgan fingerprint density at radius 3 is 2.83 bits per heavy atom. The number of rotatable bonds is 5. The van der Waals surface area contributed by atoms with Crippen LogP contribution in [0.25, 0.3) is 10.9 Å². The number of aromatic nitrogens is 1. The molecule has 0 radical (unpaired) electrons. The van der Waals surface area contributed by atoms with Gasteiger partial charge in [-0.05, 0) is 48.6 Å². The number of esters is 1. The van der Waals surface area contributed by atoms with Gasteiger partial charge in [-0.1, -0.05) is 42.5 Å². The molecule has 30 heavy (non-hydrogen) atoms. The maximum absolute atomic E-state index is 12.5. The molecule has 2 fully saturated rings. The van der Waals surface area contributed by atoms with Crippen LogP contribution in [-0.4, -0.2) is 23.5 Å². The van der Waals surface area contributed by atoms with E-state index in [2.05, 4.69) is 16.9 Å². The summed E-state index contributed by atoms with van der Waals surface area (Å²) in [7, 11) is 0. The van der Waals surface area contributed by atoms with Crippen LogP contribution in [0.2, 0.25) is 0 Å². The number of hydrogen-bond acceptors (Lipinski definition) is 3. The molecule has 152 valence electrons. The Balaban J connectivity index is 1.26. The third-order valence-corrected chi connectivity index (χ3v) is 6.49. The Hall–Kier alpha value is -3.34. The Morgan fingerprint density at radius 1 is 1.20 bits per heavy atom. The molecular formula is C25H24N2O3. The van der Waals surface area contributed by atoms with Gasteiger partial charge in [-0.2, -0.15) is 0 Å². The molecule has 1 aliphatic carbocycles. The summed E-state index contributed by atoms with van der Waals surface area (Å²) in [4.78, 5) is 28.2. The van der Waals surface area contributed by atoms with Crippen molar-refractivity contribution in [1.29, 1.82) is 0 Å². The lowest BCUT2D eigenvalue weighted by molar-refractivity contribution is -0.146. The second-order valence-electron chi connectivity index (χ2n) is 8.54. The molecule has 5 heteroatoms. The van der Waals surface area contributed by atoms with E-state index in [1.165, 1.54) is 0 Å². The van der Waals surface area contributed by atoms with Crippen LogP contribution in [0.3, 0.4) is 0 Å². The van der Waals surface area contributed by atoms with Crippen molar-refractivity contribution in [2.24, 2.45) is 11.3 Å². The highest BCUT2D eigenvalue weighted by Crippen LogP contribution is 2.52. The van der Waals surface area contributed by atoms with Crippen LogP contribution >= 0.6 is 0 Å². The van der Waals surface area contributed by atoms with Gasteiger partial charge in [0.1, 0.15) is 0 Å².